The summed E-state index contributed by atoms with van der Waals surface area (Å²) in [6, 6.07) is 12.9. The van der Waals surface area contributed by atoms with Crippen molar-refractivity contribution in [2.75, 3.05) is 0 Å². The highest BCUT2D eigenvalue weighted by molar-refractivity contribution is 6.30. The first-order chi connectivity index (χ1) is 12.2. The molecular weight excluding hydrogens is 347 g/mol. The van der Waals surface area contributed by atoms with Crippen LogP contribution in [0.4, 0.5) is 4.39 Å². The Morgan fingerprint density at radius 2 is 1.80 bits per heavy atom. The normalized spacial score (nSPS) is 11.0. The fourth-order valence-corrected chi connectivity index (χ4v) is 2.43. The van der Waals surface area contributed by atoms with Gasteiger partial charge in [-0.3, -0.25) is 0 Å². The van der Waals surface area contributed by atoms with E-state index in [1.54, 1.807) is 30.3 Å². The maximum Gasteiger partial charge on any atom is 0.247 e. The minimum Gasteiger partial charge on any atom is -0.420 e. The highest BCUT2D eigenvalue weighted by Crippen LogP contribution is 2.22. The first kappa shape index (κ1) is 15.5. The van der Waals surface area contributed by atoms with Crippen molar-refractivity contribution in [2.45, 2.75) is 6.42 Å². The van der Waals surface area contributed by atoms with Gasteiger partial charge in [-0.1, -0.05) is 28.9 Å². The van der Waals surface area contributed by atoms with Crippen molar-refractivity contribution in [1.29, 1.82) is 0 Å². The predicted octanol–water partition coefficient (Wildman–Crippen LogP) is 4.17. The molecule has 0 atom stereocenters. The fraction of sp³-hybridized carbons (Fsp3) is 0.0588. The number of hydrogen-bond acceptors (Lipinski definition) is 6. The summed E-state index contributed by atoms with van der Waals surface area (Å²) in [4.78, 5) is 4.30. The highest BCUT2D eigenvalue weighted by atomic mass is 35.5. The van der Waals surface area contributed by atoms with E-state index in [-0.39, 0.29) is 12.2 Å². The van der Waals surface area contributed by atoms with Crippen LogP contribution in [0, 0.1) is 5.82 Å². The average molecular weight is 357 g/mol. The molecule has 4 aromatic rings. The Hall–Kier alpha value is -3.06. The van der Waals surface area contributed by atoms with Gasteiger partial charge in [-0.05, 0) is 36.4 Å². The van der Waals surface area contributed by atoms with Gasteiger partial charge in [0, 0.05) is 16.1 Å². The van der Waals surface area contributed by atoms with E-state index in [1.165, 1.54) is 12.1 Å². The molecule has 0 saturated carbocycles. The van der Waals surface area contributed by atoms with Crippen LogP contribution in [0.2, 0.25) is 5.02 Å². The third kappa shape index (κ3) is 3.41. The molecule has 2 heterocycles. The van der Waals surface area contributed by atoms with Crippen LogP contribution < -0.4 is 0 Å². The summed E-state index contributed by atoms with van der Waals surface area (Å²) in [6.45, 7) is 0. The second-order valence-electron chi connectivity index (χ2n) is 5.21. The molecular formula is C17H10ClFN4O2. The zero-order valence-electron chi connectivity index (χ0n) is 12.7. The van der Waals surface area contributed by atoms with Crippen LogP contribution in [0.3, 0.4) is 0 Å². The molecule has 6 nitrogen and oxygen atoms in total. The van der Waals surface area contributed by atoms with Gasteiger partial charge in [-0.15, -0.1) is 10.2 Å². The van der Waals surface area contributed by atoms with Crippen molar-refractivity contribution < 1.29 is 13.3 Å². The molecule has 0 aliphatic carbocycles. The lowest BCUT2D eigenvalue weighted by Crippen LogP contribution is -1.89. The quantitative estimate of drug-likeness (QED) is 0.546. The fourth-order valence-electron chi connectivity index (χ4n) is 2.24. The molecule has 0 unspecified atom stereocenters. The molecule has 0 aliphatic rings. The monoisotopic (exact) mass is 356 g/mol. The Bertz CT molecular complexity index is 1010. The number of benzene rings is 2. The van der Waals surface area contributed by atoms with Crippen molar-refractivity contribution in [3.05, 3.63) is 71.2 Å². The molecule has 0 aliphatic heterocycles. The maximum atomic E-state index is 13.0. The molecule has 0 saturated heterocycles. The van der Waals surface area contributed by atoms with E-state index in [9.17, 15) is 4.39 Å². The number of hydrogen-bond donors (Lipinski definition) is 0. The first-order valence-corrected chi connectivity index (χ1v) is 7.72. The van der Waals surface area contributed by atoms with Crippen LogP contribution in [0.25, 0.3) is 22.8 Å². The molecule has 25 heavy (non-hydrogen) atoms. The second kappa shape index (κ2) is 6.45. The SMILES string of the molecule is Fc1ccc(-c2nnc(Cc3nc(-c4cccc(Cl)c4)no3)o2)cc1. The molecule has 0 bridgehead atoms. The molecule has 0 fully saturated rings. The Morgan fingerprint density at radius 1 is 0.960 bits per heavy atom. The second-order valence-corrected chi connectivity index (χ2v) is 5.64. The lowest BCUT2D eigenvalue weighted by Gasteiger charge is -1.94. The molecule has 0 amide bonds. The van der Waals surface area contributed by atoms with Gasteiger partial charge in [0.25, 0.3) is 0 Å². The number of nitrogens with zero attached hydrogens (tertiary/aromatic N) is 4. The Balaban J connectivity index is 1.52. The van der Waals surface area contributed by atoms with Crippen LogP contribution in [-0.2, 0) is 6.42 Å². The summed E-state index contributed by atoms with van der Waals surface area (Å²) in [6.07, 6.45) is 0.196. The van der Waals surface area contributed by atoms with E-state index in [1.807, 2.05) is 6.07 Å². The zero-order valence-corrected chi connectivity index (χ0v) is 13.4. The number of aromatic nitrogens is 4. The third-order valence-corrected chi connectivity index (χ3v) is 3.65. The summed E-state index contributed by atoms with van der Waals surface area (Å²) in [7, 11) is 0. The van der Waals surface area contributed by atoms with E-state index < -0.39 is 0 Å². The van der Waals surface area contributed by atoms with Crippen molar-refractivity contribution in [2.24, 2.45) is 0 Å². The Labute approximate surface area is 146 Å². The van der Waals surface area contributed by atoms with Gasteiger partial charge in [0.1, 0.15) is 12.2 Å². The summed E-state index contributed by atoms with van der Waals surface area (Å²) in [5, 5.41) is 12.4. The molecule has 2 aromatic heterocycles. The lowest BCUT2D eigenvalue weighted by molar-refractivity contribution is 0.374. The van der Waals surface area contributed by atoms with Gasteiger partial charge in [0.05, 0.1) is 0 Å². The molecule has 0 radical (unpaired) electrons. The molecule has 8 heteroatoms. The van der Waals surface area contributed by atoms with Crippen LogP contribution >= 0.6 is 11.6 Å². The van der Waals surface area contributed by atoms with Gasteiger partial charge in [-0.2, -0.15) is 4.98 Å². The van der Waals surface area contributed by atoms with Gasteiger partial charge in [0.2, 0.25) is 23.5 Å². The number of rotatable bonds is 4. The van der Waals surface area contributed by atoms with E-state index in [0.29, 0.717) is 34.1 Å². The van der Waals surface area contributed by atoms with Gasteiger partial charge in [-0.25, -0.2) is 4.39 Å². The van der Waals surface area contributed by atoms with E-state index in [4.69, 9.17) is 20.5 Å². The molecule has 4 rings (SSSR count). The largest absolute Gasteiger partial charge is 0.420 e. The van der Waals surface area contributed by atoms with Gasteiger partial charge >= 0.3 is 0 Å². The predicted molar refractivity (Wildman–Crippen MR) is 87.2 cm³/mol. The zero-order chi connectivity index (χ0) is 17.2. The van der Waals surface area contributed by atoms with Crippen LogP contribution in [0.15, 0.2) is 57.5 Å². The van der Waals surface area contributed by atoms with Gasteiger partial charge < -0.3 is 8.94 Å². The summed E-state index contributed by atoms with van der Waals surface area (Å²) >= 11 is 5.96. The smallest absolute Gasteiger partial charge is 0.247 e. The van der Waals surface area contributed by atoms with Crippen LogP contribution in [-0.4, -0.2) is 20.3 Å². The first-order valence-electron chi connectivity index (χ1n) is 7.34. The van der Waals surface area contributed by atoms with E-state index >= 15 is 0 Å². The van der Waals surface area contributed by atoms with Crippen molar-refractivity contribution in [3.63, 3.8) is 0 Å². The summed E-state index contributed by atoms with van der Waals surface area (Å²) in [5.74, 6) is 1.05. The average Bonchev–Trinajstić information content (AvgIpc) is 3.26. The summed E-state index contributed by atoms with van der Waals surface area (Å²) in [5.41, 5.74) is 1.38. The van der Waals surface area contributed by atoms with Gasteiger partial charge in [0.15, 0.2) is 0 Å². The summed E-state index contributed by atoms with van der Waals surface area (Å²) < 4.78 is 23.7. The molecule has 124 valence electrons. The molecule has 2 aromatic carbocycles. The topological polar surface area (TPSA) is 77.8 Å². The third-order valence-electron chi connectivity index (χ3n) is 3.41. The minimum absolute atomic E-state index is 0.196. The lowest BCUT2D eigenvalue weighted by atomic mass is 10.2. The van der Waals surface area contributed by atoms with Crippen LogP contribution in [0.5, 0.6) is 0 Å². The Kier molecular flexibility index (Phi) is 3.99. The van der Waals surface area contributed by atoms with Crippen molar-refractivity contribution in [1.82, 2.24) is 20.3 Å². The van der Waals surface area contributed by atoms with Crippen LogP contribution in [0.1, 0.15) is 11.8 Å². The number of halogens is 2. The Morgan fingerprint density at radius 3 is 2.60 bits per heavy atom. The highest BCUT2D eigenvalue weighted by Gasteiger charge is 2.14. The maximum absolute atomic E-state index is 13.0. The molecule has 0 N–H and O–H groups in total. The van der Waals surface area contributed by atoms with Crippen molar-refractivity contribution >= 4 is 11.6 Å². The van der Waals surface area contributed by atoms with Crippen molar-refractivity contribution in [3.8, 4) is 22.8 Å². The standard InChI is InChI=1S/C17H10ClFN4O2/c18-12-3-1-2-11(8-12)16-20-14(25-23-16)9-15-21-22-17(24-15)10-4-6-13(19)7-5-10/h1-8H,9H2. The minimum atomic E-state index is -0.331. The van der Waals surface area contributed by atoms with E-state index in [0.717, 1.165) is 5.56 Å². The molecule has 0 spiro atoms. The van der Waals surface area contributed by atoms with E-state index in [2.05, 4.69) is 20.3 Å².